The van der Waals surface area contributed by atoms with E-state index < -0.39 is 5.92 Å². The van der Waals surface area contributed by atoms with Crippen molar-refractivity contribution in [2.45, 2.75) is 5.92 Å². The lowest BCUT2D eigenvalue weighted by Crippen LogP contribution is -2.06. The van der Waals surface area contributed by atoms with Gasteiger partial charge in [-0.05, 0) is 0 Å². The normalized spacial score (nSPS) is 11.5. The Morgan fingerprint density at radius 2 is 1.60 bits per heavy atom. The van der Waals surface area contributed by atoms with Crippen LogP contribution >= 0.6 is 0 Å². The standard InChI is InChI=1S/C8H7F2/c1-8(9,10)7-5-3-2-4-6-7/h2-6H,1H2. The summed E-state index contributed by atoms with van der Waals surface area (Å²) in [5.41, 5.74) is -0.0463. The van der Waals surface area contributed by atoms with Crippen LogP contribution in [0.1, 0.15) is 5.56 Å². The molecule has 2 heteroatoms. The van der Waals surface area contributed by atoms with Crippen molar-refractivity contribution < 1.29 is 8.78 Å². The predicted molar refractivity (Wildman–Crippen MR) is 35.7 cm³/mol. The Morgan fingerprint density at radius 1 is 1.10 bits per heavy atom. The second kappa shape index (κ2) is 2.37. The Balaban J connectivity index is 2.97. The van der Waals surface area contributed by atoms with E-state index in [1.54, 1.807) is 18.2 Å². The van der Waals surface area contributed by atoms with Gasteiger partial charge in [0, 0.05) is 12.5 Å². The first-order valence-corrected chi connectivity index (χ1v) is 2.89. The van der Waals surface area contributed by atoms with Crippen molar-refractivity contribution in [3.05, 3.63) is 42.8 Å². The fraction of sp³-hybridized carbons (Fsp3) is 0.125. The third-order valence-corrected chi connectivity index (χ3v) is 1.20. The summed E-state index contributed by atoms with van der Waals surface area (Å²) in [6.45, 7) is 2.71. The van der Waals surface area contributed by atoms with Crippen molar-refractivity contribution in [3.8, 4) is 0 Å². The van der Waals surface area contributed by atoms with E-state index in [4.69, 9.17) is 0 Å². The van der Waals surface area contributed by atoms with Crippen LogP contribution in [-0.4, -0.2) is 0 Å². The number of rotatable bonds is 1. The average molecular weight is 141 g/mol. The van der Waals surface area contributed by atoms with Gasteiger partial charge in [0.25, 0.3) is 5.92 Å². The molecule has 53 valence electrons. The zero-order valence-electron chi connectivity index (χ0n) is 5.35. The molecule has 0 N–H and O–H groups in total. The minimum atomic E-state index is -2.96. The van der Waals surface area contributed by atoms with E-state index in [-0.39, 0.29) is 5.56 Å². The van der Waals surface area contributed by atoms with Crippen molar-refractivity contribution in [3.63, 3.8) is 0 Å². The maximum atomic E-state index is 12.3. The molecule has 0 bridgehead atoms. The molecule has 0 aromatic heterocycles. The number of hydrogen-bond acceptors (Lipinski definition) is 0. The van der Waals surface area contributed by atoms with Crippen LogP contribution in [0.2, 0.25) is 0 Å². The Kier molecular flexibility index (Phi) is 1.70. The summed E-state index contributed by atoms with van der Waals surface area (Å²) in [5, 5.41) is 0. The molecule has 0 atom stereocenters. The molecule has 1 aromatic carbocycles. The minimum absolute atomic E-state index is 0.0463. The van der Waals surface area contributed by atoms with Gasteiger partial charge in [-0.1, -0.05) is 30.3 Å². The van der Waals surface area contributed by atoms with E-state index in [2.05, 4.69) is 6.92 Å². The zero-order chi connectivity index (χ0) is 7.61. The highest BCUT2D eigenvalue weighted by atomic mass is 19.3. The summed E-state index contributed by atoms with van der Waals surface area (Å²) < 4.78 is 24.7. The van der Waals surface area contributed by atoms with Crippen molar-refractivity contribution >= 4 is 0 Å². The molecule has 0 aliphatic heterocycles. The molecule has 0 nitrogen and oxygen atoms in total. The van der Waals surface area contributed by atoms with Crippen LogP contribution < -0.4 is 0 Å². The number of alkyl halides is 2. The lowest BCUT2D eigenvalue weighted by atomic mass is 10.1. The third kappa shape index (κ3) is 1.53. The first-order chi connectivity index (χ1) is 4.61. The molecule has 0 spiro atoms. The second-order valence-electron chi connectivity index (χ2n) is 2.07. The highest BCUT2D eigenvalue weighted by Gasteiger charge is 2.23. The van der Waals surface area contributed by atoms with Gasteiger partial charge in [-0.2, -0.15) is 0 Å². The molecular weight excluding hydrogens is 134 g/mol. The van der Waals surface area contributed by atoms with Crippen LogP contribution in [0.3, 0.4) is 0 Å². The van der Waals surface area contributed by atoms with Crippen molar-refractivity contribution in [2.24, 2.45) is 0 Å². The van der Waals surface area contributed by atoms with E-state index in [0.717, 1.165) is 0 Å². The van der Waals surface area contributed by atoms with Gasteiger partial charge in [-0.3, -0.25) is 0 Å². The summed E-state index contributed by atoms with van der Waals surface area (Å²) in [6.07, 6.45) is 0. The van der Waals surface area contributed by atoms with Crippen LogP contribution in [0.25, 0.3) is 0 Å². The molecule has 1 aromatic rings. The van der Waals surface area contributed by atoms with Gasteiger partial charge < -0.3 is 0 Å². The van der Waals surface area contributed by atoms with Gasteiger partial charge in [0.1, 0.15) is 0 Å². The molecule has 0 saturated carbocycles. The predicted octanol–water partition coefficient (Wildman–Crippen LogP) is 2.61. The van der Waals surface area contributed by atoms with E-state index >= 15 is 0 Å². The monoisotopic (exact) mass is 141 g/mol. The van der Waals surface area contributed by atoms with Crippen molar-refractivity contribution in [2.75, 3.05) is 0 Å². The molecule has 0 aliphatic rings. The largest absolute Gasteiger partial charge is 0.273 e. The van der Waals surface area contributed by atoms with Crippen molar-refractivity contribution in [1.29, 1.82) is 0 Å². The molecule has 10 heavy (non-hydrogen) atoms. The van der Waals surface area contributed by atoms with Crippen LogP contribution in [0.5, 0.6) is 0 Å². The zero-order valence-corrected chi connectivity index (χ0v) is 5.35. The lowest BCUT2D eigenvalue weighted by Gasteiger charge is -2.08. The molecule has 0 saturated heterocycles. The minimum Gasteiger partial charge on any atom is -0.201 e. The summed E-state index contributed by atoms with van der Waals surface area (Å²) in [7, 11) is 0. The van der Waals surface area contributed by atoms with Gasteiger partial charge >= 0.3 is 0 Å². The first-order valence-electron chi connectivity index (χ1n) is 2.89. The second-order valence-corrected chi connectivity index (χ2v) is 2.07. The Morgan fingerprint density at radius 3 is 1.90 bits per heavy atom. The number of halogens is 2. The average Bonchev–Trinajstić information content (AvgIpc) is 1.88. The highest BCUT2D eigenvalue weighted by Crippen LogP contribution is 2.25. The van der Waals surface area contributed by atoms with Gasteiger partial charge in [-0.15, -0.1) is 0 Å². The Labute approximate surface area is 58.5 Å². The summed E-state index contributed by atoms with van der Waals surface area (Å²) >= 11 is 0. The summed E-state index contributed by atoms with van der Waals surface area (Å²) in [4.78, 5) is 0. The molecular formula is C8H7F2. The van der Waals surface area contributed by atoms with Gasteiger partial charge in [0.2, 0.25) is 0 Å². The molecule has 1 rings (SSSR count). The SMILES string of the molecule is [CH2]C(F)(F)c1ccccc1. The van der Waals surface area contributed by atoms with Crippen LogP contribution in [-0.2, 0) is 5.92 Å². The molecule has 0 aliphatic carbocycles. The number of benzene rings is 1. The van der Waals surface area contributed by atoms with Crippen LogP contribution in [0.15, 0.2) is 30.3 Å². The van der Waals surface area contributed by atoms with Gasteiger partial charge in [0.05, 0.1) is 0 Å². The first kappa shape index (κ1) is 7.19. The maximum absolute atomic E-state index is 12.3. The van der Waals surface area contributed by atoms with Gasteiger partial charge in [-0.25, -0.2) is 8.78 Å². The van der Waals surface area contributed by atoms with Crippen LogP contribution in [0, 0.1) is 6.92 Å². The topological polar surface area (TPSA) is 0 Å². The van der Waals surface area contributed by atoms with E-state index in [9.17, 15) is 8.78 Å². The molecule has 0 amide bonds. The molecule has 0 heterocycles. The Hall–Kier alpha value is -0.920. The maximum Gasteiger partial charge on any atom is 0.273 e. The van der Waals surface area contributed by atoms with E-state index in [1.165, 1.54) is 12.1 Å². The number of hydrogen-bond donors (Lipinski definition) is 0. The lowest BCUT2D eigenvalue weighted by molar-refractivity contribution is 0.0487. The Bertz CT molecular complexity index is 198. The van der Waals surface area contributed by atoms with E-state index in [1.807, 2.05) is 0 Å². The molecule has 1 radical (unpaired) electrons. The highest BCUT2D eigenvalue weighted by molar-refractivity contribution is 5.20. The fourth-order valence-electron chi connectivity index (χ4n) is 0.682. The smallest absolute Gasteiger partial charge is 0.201 e. The van der Waals surface area contributed by atoms with Gasteiger partial charge in [0.15, 0.2) is 0 Å². The molecule has 0 unspecified atom stereocenters. The van der Waals surface area contributed by atoms with Crippen molar-refractivity contribution in [1.82, 2.24) is 0 Å². The molecule has 0 fully saturated rings. The third-order valence-electron chi connectivity index (χ3n) is 1.20. The summed E-state index contributed by atoms with van der Waals surface area (Å²) in [5.74, 6) is -2.96. The van der Waals surface area contributed by atoms with E-state index in [0.29, 0.717) is 0 Å². The quantitative estimate of drug-likeness (QED) is 0.564. The summed E-state index contributed by atoms with van der Waals surface area (Å²) in [6, 6.07) is 7.53. The van der Waals surface area contributed by atoms with Crippen LogP contribution in [0.4, 0.5) is 8.78 Å². The fourth-order valence-corrected chi connectivity index (χ4v) is 0.682.